The van der Waals surface area contributed by atoms with Gasteiger partial charge < -0.3 is 16.4 Å². The van der Waals surface area contributed by atoms with Crippen LogP contribution in [0.15, 0.2) is 48.5 Å². The third kappa shape index (κ3) is 5.39. The molecule has 0 aromatic heterocycles. The van der Waals surface area contributed by atoms with Gasteiger partial charge in [0.1, 0.15) is 5.82 Å². The van der Waals surface area contributed by atoms with Gasteiger partial charge in [-0.2, -0.15) is 0 Å². The number of carbonyl (C=O) groups is 2. The van der Waals surface area contributed by atoms with Crippen LogP contribution in [0.3, 0.4) is 0 Å². The minimum atomic E-state index is -0.545. The first-order chi connectivity index (χ1) is 12.4. The van der Waals surface area contributed by atoms with Gasteiger partial charge in [-0.3, -0.25) is 9.59 Å². The first-order valence-electron chi connectivity index (χ1n) is 8.60. The Labute approximate surface area is 152 Å². The van der Waals surface area contributed by atoms with Crippen LogP contribution in [0, 0.1) is 11.7 Å². The summed E-state index contributed by atoms with van der Waals surface area (Å²) in [4.78, 5) is 24.2. The predicted molar refractivity (Wildman–Crippen MR) is 100 cm³/mol. The Morgan fingerprint density at radius 3 is 2.58 bits per heavy atom. The molecule has 0 aliphatic carbocycles. The van der Waals surface area contributed by atoms with E-state index in [9.17, 15) is 14.0 Å². The van der Waals surface area contributed by atoms with Crippen molar-refractivity contribution in [2.45, 2.75) is 32.9 Å². The van der Waals surface area contributed by atoms with Crippen molar-refractivity contribution < 1.29 is 14.0 Å². The molecular weight excluding hydrogens is 333 g/mol. The fourth-order valence-corrected chi connectivity index (χ4v) is 2.41. The van der Waals surface area contributed by atoms with Gasteiger partial charge in [-0.25, -0.2) is 4.39 Å². The van der Waals surface area contributed by atoms with Crippen molar-refractivity contribution >= 4 is 17.5 Å². The summed E-state index contributed by atoms with van der Waals surface area (Å²) in [6, 6.07) is 12.0. The average Bonchev–Trinajstić information content (AvgIpc) is 2.65. The number of amides is 2. The van der Waals surface area contributed by atoms with Gasteiger partial charge in [0, 0.05) is 17.8 Å². The average molecular weight is 357 g/mol. The Kier molecular flexibility index (Phi) is 6.86. The fraction of sp³-hybridized carbons (Fsp3) is 0.300. The van der Waals surface area contributed by atoms with Crippen LogP contribution < -0.4 is 16.4 Å². The Morgan fingerprint density at radius 1 is 1.15 bits per heavy atom. The van der Waals surface area contributed by atoms with Crippen molar-refractivity contribution in [3.63, 3.8) is 0 Å². The van der Waals surface area contributed by atoms with Crippen LogP contribution in [0.2, 0.25) is 0 Å². The van der Waals surface area contributed by atoms with Crippen molar-refractivity contribution in [2.75, 3.05) is 5.32 Å². The number of benzene rings is 2. The van der Waals surface area contributed by atoms with Gasteiger partial charge in [-0.1, -0.05) is 38.5 Å². The number of rotatable bonds is 7. The minimum Gasteiger partial charge on any atom is -0.351 e. The molecule has 2 aromatic rings. The maximum absolute atomic E-state index is 13.2. The summed E-state index contributed by atoms with van der Waals surface area (Å²) in [5, 5.41) is 5.53. The molecule has 2 aromatic carbocycles. The van der Waals surface area contributed by atoms with Gasteiger partial charge in [0.25, 0.3) is 5.91 Å². The highest BCUT2D eigenvalue weighted by atomic mass is 19.1. The number of nitrogens with two attached hydrogens (primary N) is 1. The quantitative estimate of drug-likeness (QED) is 0.712. The van der Waals surface area contributed by atoms with Crippen molar-refractivity contribution in [1.29, 1.82) is 0 Å². The summed E-state index contributed by atoms with van der Waals surface area (Å²) in [6.45, 7) is 4.24. The lowest BCUT2D eigenvalue weighted by molar-refractivity contribution is -0.123. The summed E-state index contributed by atoms with van der Waals surface area (Å²) in [7, 11) is 0. The maximum atomic E-state index is 13.2. The molecule has 5 nitrogen and oxygen atoms in total. The monoisotopic (exact) mass is 357 g/mol. The number of hydrogen-bond donors (Lipinski definition) is 3. The molecule has 2 amide bonds. The van der Waals surface area contributed by atoms with E-state index in [0.717, 1.165) is 12.0 Å². The van der Waals surface area contributed by atoms with Gasteiger partial charge in [-0.05, 0) is 41.8 Å². The van der Waals surface area contributed by atoms with Gasteiger partial charge in [-0.15, -0.1) is 0 Å². The Hall–Kier alpha value is -2.73. The van der Waals surface area contributed by atoms with Crippen molar-refractivity contribution in [2.24, 2.45) is 11.7 Å². The van der Waals surface area contributed by atoms with Gasteiger partial charge in [0.2, 0.25) is 5.91 Å². The van der Waals surface area contributed by atoms with E-state index < -0.39 is 17.8 Å². The second-order valence-electron chi connectivity index (χ2n) is 6.29. The first-order valence-corrected chi connectivity index (χ1v) is 8.60. The van der Waals surface area contributed by atoms with Crippen LogP contribution in [0.1, 0.15) is 36.2 Å². The zero-order valence-corrected chi connectivity index (χ0v) is 15.0. The summed E-state index contributed by atoms with van der Waals surface area (Å²) >= 11 is 0. The highest BCUT2D eigenvalue weighted by Crippen LogP contribution is 2.13. The molecule has 0 heterocycles. The van der Waals surface area contributed by atoms with E-state index >= 15 is 0 Å². The Morgan fingerprint density at radius 2 is 1.88 bits per heavy atom. The molecule has 0 saturated heterocycles. The van der Waals surface area contributed by atoms with Crippen LogP contribution >= 0.6 is 0 Å². The van der Waals surface area contributed by atoms with E-state index in [2.05, 4.69) is 10.6 Å². The summed E-state index contributed by atoms with van der Waals surface area (Å²) in [6.07, 6.45) is 0.830. The van der Waals surface area contributed by atoms with E-state index in [0.29, 0.717) is 12.2 Å². The predicted octanol–water partition coefficient (Wildman–Crippen LogP) is 3.07. The fourth-order valence-electron chi connectivity index (χ4n) is 2.41. The summed E-state index contributed by atoms with van der Waals surface area (Å²) < 4.78 is 13.2. The smallest absolute Gasteiger partial charge is 0.255 e. The highest BCUT2D eigenvalue weighted by Gasteiger charge is 2.18. The molecule has 2 rings (SSSR count). The molecule has 2 atom stereocenters. The number of halogens is 1. The van der Waals surface area contributed by atoms with E-state index in [-0.39, 0.29) is 17.4 Å². The third-order valence-electron chi connectivity index (χ3n) is 4.30. The zero-order valence-electron chi connectivity index (χ0n) is 15.0. The van der Waals surface area contributed by atoms with Crippen LogP contribution in [0.4, 0.5) is 10.1 Å². The molecule has 0 bridgehead atoms. The Balaban J connectivity index is 1.97. The largest absolute Gasteiger partial charge is 0.351 e. The molecule has 0 saturated carbocycles. The highest BCUT2D eigenvalue weighted by molar-refractivity contribution is 6.04. The SMILES string of the molecule is CCC(C)C(N)C(=O)NCc1cccc(NC(=O)c2cccc(F)c2)c1. The first kappa shape index (κ1) is 19.6. The third-order valence-corrected chi connectivity index (χ3v) is 4.30. The van der Waals surface area contributed by atoms with Crippen LogP contribution in [-0.4, -0.2) is 17.9 Å². The molecule has 4 N–H and O–H groups in total. The summed E-state index contributed by atoms with van der Waals surface area (Å²) in [5.74, 6) is -0.961. The van der Waals surface area contributed by atoms with Gasteiger partial charge >= 0.3 is 0 Å². The van der Waals surface area contributed by atoms with E-state index in [4.69, 9.17) is 5.73 Å². The molecule has 0 radical (unpaired) electrons. The number of anilines is 1. The second-order valence-corrected chi connectivity index (χ2v) is 6.29. The van der Waals surface area contributed by atoms with Crippen LogP contribution in [-0.2, 0) is 11.3 Å². The van der Waals surface area contributed by atoms with Gasteiger partial charge in [0.15, 0.2) is 0 Å². The molecular formula is C20H24FN3O2. The molecule has 0 fully saturated rings. The summed E-state index contributed by atoms with van der Waals surface area (Å²) in [5.41, 5.74) is 7.54. The van der Waals surface area contributed by atoms with Crippen molar-refractivity contribution in [3.05, 3.63) is 65.5 Å². The molecule has 0 aliphatic heterocycles. The van der Waals surface area contributed by atoms with Crippen LogP contribution in [0.25, 0.3) is 0 Å². The Bertz CT molecular complexity index is 779. The molecule has 138 valence electrons. The molecule has 6 heteroatoms. The number of hydrogen-bond acceptors (Lipinski definition) is 3. The van der Waals surface area contributed by atoms with Crippen molar-refractivity contribution in [1.82, 2.24) is 5.32 Å². The second kappa shape index (κ2) is 9.10. The lowest BCUT2D eigenvalue weighted by Crippen LogP contribution is -2.44. The van der Waals surface area contributed by atoms with E-state index in [1.807, 2.05) is 19.9 Å². The van der Waals surface area contributed by atoms with E-state index in [1.54, 1.807) is 24.3 Å². The molecule has 2 unspecified atom stereocenters. The minimum absolute atomic E-state index is 0.104. The maximum Gasteiger partial charge on any atom is 0.255 e. The normalized spacial score (nSPS) is 12.9. The molecule has 26 heavy (non-hydrogen) atoms. The van der Waals surface area contributed by atoms with E-state index in [1.165, 1.54) is 18.2 Å². The van der Waals surface area contributed by atoms with Crippen molar-refractivity contribution in [3.8, 4) is 0 Å². The topological polar surface area (TPSA) is 84.2 Å². The molecule has 0 aliphatic rings. The number of nitrogens with one attached hydrogen (secondary N) is 2. The lowest BCUT2D eigenvalue weighted by Gasteiger charge is -2.17. The standard InChI is InChI=1S/C20H24FN3O2/c1-3-13(2)18(22)20(26)23-12-14-6-4-9-17(10-14)24-19(25)15-7-5-8-16(21)11-15/h4-11,13,18H,3,12,22H2,1-2H3,(H,23,26)(H,24,25). The van der Waals surface area contributed by atoms with Gasteiger partial charge in [0.05, 0.1) is 6.04 Å². The lowest BCUT2D eigenvalue weighted by atomic mass is 9.99. The number of carbonyl (C=O) groups excluding carboxylic acids is 2. The molecule has 0 spiro atoms. The zero-order chi connectivity index (χ0) is 19.1. The van der Waals surface area contributed by atoms with Crippen LogP contribution in [0.5, 0.6) is 0 Å².